The van der Waals surface area contributed by atoms with Crippen molar-refractivity contribution in [1.29, 1.82) is 0 Å². The largest absolute Gasteiger partial charge is 0.454 e. The summed E-state index contributed by atoms with van der Waals surface area (Å²) < 4.78 is 10.5. The number of amides is 2. The third-order valence-corrected chi connectivity index (χ3v) is 4.38. The summed E-state index contributed by atoms with van der Waals surface area (Å²) in [7, 11) is 0. The van der Waals surface area contributed by atoms with Crippen molar-refractivity contribution in [3.05, 3.63) is 39.5 Å². The fourth-order valence-electron chi connectivity index (χ4n) is 2.17. The van der Waals surface area contributed by atoms with E-state index in [0.29, 0.717) is 40.7 Å². The number of benzene rings is 1. The number of carbonyl (C=O) groups is 2. The molecule has 1 aliphatic rings. The highest BCUT2D eigenvalue weighted by Gasteiger charge is 2.17. The van der Waals surface area contributed by atoms with Crippen LogP contribution >= 0.6 is 22.9 Å². The predicted molar refractivity (Wildman–Crippen MR) is 92.1 cm³/mol. The SMILES string of the molecule is O=C(CCCNC(=O)c1ccsc1)Nc1cc2c(cc1Cl)OCO2. The molecule has 0 bridgehead atoms. The van der Waals surface area contributed by atoms with Crippen molar-refractivity contribution in [2.45, 2.75) is 12.8 Å². The topological polar surface area (TPSA) is 76.7 Å². The molecule has 0 aliphatic carbocycles. The Balaban J connectivity index is 1.44. The van der Waals surface area contributed by atoms with Crippen LogP contribution in [0.15, 0.2) is 29.0 Å². The van der Waals surface area contributed by atoms with E-state index >= 15 is 0 Å². The molecule has 8 heteroatoms. The number of hydrogen-bond donors (Lipinski definition) is 2. The van der Waals surface area contributed by atoms with Gasteiger partial charge in [-0.3, -0.25) is 9.59 Å². The van der Waals surface area contributed by atoms with Crippen LogP contribution in [0.5, 0.6) is 11.5 Å². The van der Waals surface area contributed by atoms with E-state index < -0.39 is 0 Å². The van der Waals surface area contributed by atoms with Crippen molar-refractivity contribution >= 4 is 40.4 Å². The van der Waals surface area contributed by atoms with E-state index in [2.05, 4.69) is 10.6 Å². The Bertz CT molecular complexity index is 749. The van der Waals surface area contributed by atoms with Crippen LogP contribution in [0.3, 0.4) is 0 Å². The highest BCUT2D eigenvalue weighted by molar-refractivity contribution is 7.08. The first-order valence-electron chi connectivity index (χ1n) is 7.33. The lowest BCUT2D eigenvalue weighted by atomic mass is 10.2. The highest BCUT2D eigenvalue weighted by Crippen LogP contribution is 2.39. The number of thiophene rings is 1. The molecule has 1 aromatic heterocycles. The van der Waals surface area contributed by atoms with Gasteiger partial charge in [0.25, 0.3) is 5.91 Å². The number of halogens is 1. The molecular weight excluding hydrogens is 352 g/mol. The highest BCUT2D eigenvalue weighted by atomic mass is 35.5. The Hall–Kier alpha value is -2.25. The maximum atomic E-state index is 12.0. The van der Waals surface area contributed by atoms with Crippen molar-refractivity contribution in [1.82, 2.24) is 5.32 Å². The molecular formula is C16H15ClN2O4S. The molecule has 2 aromatic rings. The minimum absolute atomic E-state index is 0.129. The van der Waals surface area contributed by atoms with Gasteiger partial charge in [-0.1, -0.05) is 11.6 Å². The van der Waals surface area contributed by atoms with Crippen LogP contribution in [0, 0.1) is 0 Å². The summed E-state index contributed by atoms with van der Waals surface area (Å²) in [4.78, 5) is 23.7. The number of carbonyl (C=O) groups excluding carboxylic acids is 2. The molecule has 0 atom stereocenters. The molecule has 1 aromatic carbocycles. The van der Waals surface area contributed by atoms with Gasteiger partial charge in [-0.25, -0.2) is 0 Å². The monoisotopic (exact) mass is 366 g/mol. The third-order valence-electron chi connectivity index (χ3n) is 3.39. The molecule has 0 saturated carbocycles. The van der Waals surface area contributed by atoms with Crippen LogP contribution in [0.2, 0.25) is 5.02 Å². The van der Waals surface area contributed by atoms with Crippen LogP contribution in [-0.4, -0.2) is 25.2 Å². The molecule has 2 heterocycles. The Morgan fingerprint density at radius 1 is 1.25 bits per heavy atom. The summed E-state index contributed by atoms with van der Waals surface area (Å²) in [5.41, 5.74) is 1.12. The summed E-state index contributed by atoms with van der Waals surface area (Å²) in [5.74, 6) is 0.808. The van der Waals surface area contributed by atoms with Gasteiger partial charge in [-0.15, -0.1) is 0 Å². The molecule has 6 nitrogen and oxygen atoms in total. The van der Waals surface area contributed by atoms with E-state index in [1.807, 2.05) is 5.38 Å². The normalized spacial score (nSPS) is 12.0. The van der Waals surface area contributed by atoms with E-state index in [4.69, 9.17) is 21.1 Å². The fraction of sp³-hybridized carbons (Fsp3) is 0.250. The minimum atomic E-state index is -0.180. The van der Waals surface area contributed by atoms with Gasteiger partial charge in [0.1, 0.15) is 0 Å². The van der Waals surface area contributed by atoms with Crippen LogP contribution in [0.4, 0.5) is 5.69 Å². The first-order chi connectivity index (χ1) is 11.6. The second kappa shape index (κ2) is 7.55. The number of anilines is 1. The quantitative estimate of drug-likeness (QED) is 0.769. The zero-order chi connectivity index (χ0) is 16.9. The minimum Gasteiger partial charge on any atom is -0.454 e. The lowest BCUT2D eigenvalue weighted by molar-refractivity contribution is -0.116. The van der Waals surface area contributed by atoms with E-state index in [9.17, 15) is 9.59 Å². The molecule has 24 heavy (non-hydrogen) atoms. The molecule has 2 amide bonds. The van der Waals surface area contributed by atoms with Crippen LogP contribution in [0.1, 0.15) is 23.2 Å². The maximum absolute atomic E-state index is 12.0. The van der Waals surface area contributed by atoms with E-state index in [-0.39, 0.29) is 25.0 Å². The molecule has 0 spiro atoms. The van der Waals surface area contributed by atoms with Crippen molar-refractivity contribution in [3.8, 4) is 11.5 Å². The number of fused-ring (bicyclic) bond motifs is 1. The summed E-state index contributed by atoms with van der Waals surface area (Å²) >= 11 is 7.57. The fourth-order valence-corrected chi connectivity index (χ4v) is 3.01. The first-order valence-corrected chi connectivity index (χ1v) is 8.65. The molecule has 1 aliphatic heterocycles. The predicted octanol–water partition coefficient (Wildman–Crippen LogP) is 3.28. The van der Waals surface area contributed by atoms with Crippen molar-refractivity contribution < 1.29 is 19.1 Å². The number of nitrogens with one attached hydrogen (secondary N) is 2. The summed E-state index contributed by atoms with van der Waals surface area (Å²) in [6, 6.07) is 5.01. The van der Waals surface area contributed by atoms with Crippen LogP contribution in [0.25, 0.3) is 0 Å². The summed E-state index contributed by atoms with van der Waals surface area (Å²) in [5, 5.41) is 9.53. The lowest BCUT2D eigenvalue weighted by Crippen LogP contribution is -2.25. The van der Waals surface area contributed by atoms with E-state index in [1.54, 1.807) is 23.6 Å². The number of rotatable bonds is 6. The molecule has 126 valence electrons. The maximum Gasteiger partial charge on any atom is 0.252 e. The second-order valence-corrected chi connectivity index (χ2v) is 6.29. The third kappa shape index (κ3) is 3.98. The zero-order valence-electron chi connectivity index (χ0n) is 12.6. The molecule has 0 unspecified atom stereocenters. The van der Waals surface area contributed by atoms with Gasteiger partial charge in [-0.2, -0.15) is 11.3 Å². The molecule has 3 rings (SSSR count). The van der Waals surface area contributed by atoms with Gasteiger partial charge in [0.2, 0.25) is 12.7 Å². The smallest absolute Gasteiger partial charge is 0.252 e. The average Bonchev–Trinajstić information content (AvgIpc) is 3.23. The first kappa shape index (κ1) is 16.6. The number of ether oxygens (including phenoxy) is 2. The molecule has 0 fully saturated rings. The van der Waals surface area contributed by atoms with Gasteiger partial charge in [0.15, 0.2) is 11.5 Å². The van der Waals surface area contributed by atoms with Gasteiger partial charge >= 0.3 is 0 Å². The Kier molecular flexibility index (Phi) is 5.22. The van der Waals surface area contributed by atoms with Gasteiger partial charge in [-0.05, 0) is 17.9 Å². The standard InChI is InChI=1S/C16H15ClN2O4S/c17-11-6-13-14(23-9-22-13)7-12(11)19-15(20)2-1-4-18-16(21)10-3-5-24-8-10/h3,5-8H,1-2,4,9H2,(H,18,21)(H,19,20). The van der Waals surface area contributed by atoms with Crippen molar-refractivity contribution in [2.24, 2.45) is 0 Å². The van der Waals surface area contributed by atoms with Crippen molar-refractivity contribution in [3.63, 3.8) is 0 Å². The molecule has 0 radical (unpaired) electrons. The zero-order valence-corrected chi connectivity index (χ0v) is 14.2. The molecule has 0 saturated heterocycles. The van der Waals surface area contributed by atoms with Gasteiger partial charge < -0.3 is 20.1 Å². The van der Waals surface area contributed by atoms with E-state index in [1.165, 1.54) is 11.3 Å². The number of hydrogen-bond acceptors (Lipinski definition) is 5. The Labute approximate surface area is 147 Å². The Morgan fingerprint density at radius 3 is 2.79 bits per heavy atom. The van der Waals surface area contributed by atoms with Gasteiger partial charge in [0.05, 0.1) is 10.7 Å². The average molecular weight is 367 g/mol. The summed E-state index contributed by atoms with van der Waals surface area (Å²) in [6.45, 7) is 0.573. The summed E-state index contributed by atoms with van der Waals surface area (Å²) in [6.07, 6.45) is 0.804. The Morgan fingerprint density at radius 2 is 2.04 bits per heavy atom. The molecule has 2 N–H and O–H groups in total. The lowest BCUT2D eigenvalue weighted by Gasteiger charge is -2.09. The van der Waals surface area contributed by atoms with Crippen LogP contribution in [-0.2, 0) is 4.79 Å². The van der Waals surface area contributed by atoms with E-state index in [0.717, 1.165) is 0 Å². The van der Waals surface area contributed by atoms with Crippen molar-refractivity contribution in [2.75, 3.05) is 18.7 Å². The van der Waals surface area contributed by atoms with Crippen LogP contribution < -0.4 is 20.1 Å². The van der Waals surface area contributed by atoms with Gasteiger partial charge in [0, 0.05) is 36.0 Å². The second-order valence-electron chi connectivity index (χ2n) is 5.10.